The van der Waals surface area contributed by atoms with Crippen molar-refractivity contribution in [3.63, 3.8) is 0 Å². The molecule has 0 atom stereocenters. The van der Waals surface area contributed by atoms with E-state index in [0.717, 1.165) is 24.3 Å². The molecule has 0 aromatic carbocycles. The molecule has 2 nitrogen and oxygen atoms in total. The van der Waals surface area contributed by atoms with Crippen LogP contribution in [0.4, 0.5) is 0 Å². The van der Waals surface area contributed by atoms with Crippen molar-refractivity contribution < 1.29 is 5.21 Å². The highest BCUT2D eigenvalue weighted by Crippen LogP contribution is 2.33. The number of nitrogens with zero attached hydrogens (tertiary/aromatic N) is 1. The molecule has 58 valence electrons. The van der Waals surface area contributed by atoms with Crippen LogP contribution in [-0.4, -0.2) is 21.4 Å². The second-order valence-electron chi connectivity index (χ2n) is 3.20. The Labute approximate surface area is 65.7 Å². The molecule has 3 heteroatoms. The van der Waals surface area contributed by atoms with Gasteiger partial charge in [-0.1, -0.05) is 19.0 Å². The minimum Gasteiger partial charge on any atom is -0.411 e. The van der Waals surface area contributed by atoms with Crippen LogP contribution < -0.4 is 0 Å². The molecular weight excluding hydrogens is 146 g/mol. The molecule has 1 aliphatic rings. The van der Waals surface area contributed by atoms with Gasteiger partial charge in [0.25, 0.3) is 0 Å². The van der Waals surface area contributed by atoms with Crippen LogP contribution in [0, 0.1) is 0 Å². The monoisotopic (exact) mass is 159 g/mol. The van der Waals surface area contributed by atoms with E-state index in [4.69, 9.17) is 5.21 Å². The molecular formula is C7H13NOS. The van der Waals surface area contributed by atoms with Crippen LogP contribution in [-0.2, 0) is 0 Å². The fourth-order valence-electron chi connectivity index (χ4n) is 1.16. The van der Waals surface area contributed by atoms with Crippen LogP contribution in [0.15, 0.2) is 5.16 Å². The zero-order valence-electron chi connectivity index (χ0n) is 6.42. The number of oxime groups is 1. The summed E-state index contributed by atoms with van der Waals surface area (Å²) in [7, 11) is 0. The Morgan fingerprint density at radius 1 is 1.60 bits per heavy atom. The van der Waals surface area contributed by atoms with Crippen molar-refractivity contribution in [1.82, 2.24) is 0 Å². The fourth-order valence-corrected chi connectivity index (χ4v) is 2.32. The fraction of sp³-hybridized carbons (Fsp3) is 0.857. The van der Waals surface area contributed by atoms with E-state index in [0.29, 0.717) is 0 Å². The van der Waals surface area contributed by atoms with Crippen LogP contribution in [0.2, 0.25) is 0 Å². The lowest BCUT2D eigenvalue weighted by atomic mass is 10.0. The third-order valence-electron chi connectivity index (χ3n) is 1.65. The molecule has 1 fully saturated rings. The first-order chi connectivity index (χ1) is 4.64. The summed E-state index contributed by atoms with van der Waals surface area (Å²) in [6.07, 6.45) is 1.87. The Morgan fingerprint density at radius 3 is 2.70 bits per heavy atom. The van der Waals surface area contributed by atoms with Crippen molar-refractivity contribution in [2.24, 2.45) is 5.16 Å². The van der Waals surface area contributed by atoms with Crippen molar-refractivity contribution in [3.8, 4) is 0 Å². The minimum atomic E-state index is 0.278. The molecule has 10 heavy (non-hydrogen) atoms. The van der Waals surface area contributed by atoms with Crippen molar-refractivity contribution in [2.45, 2.75) is 31.4 Å². The lowest BCUT2D eigenvalue weighted by Gasteiger charge is -2.28. The van der Waals surface area contributed by atoms with Gasteiger partial charge >= 0.3 is 0 Å². The Hall–Kier alpha value is -0.180. The molecule has 0 amide bonds. The molecule has 0 bridgehead atoms. The second-order valence-corrected chi connectivity index (χ2v) is 5.00. The van der Waals surface area contributed by atoms with E-state index < -0.39 is 0 Å². The largest absolute Gasteiger partial charge is 0.411 e. The zero-order chi connectivity index (χ0) is 7.61. The first kappa shape index (κ1) is 7.92. The Kier molecular flexibility index (Phi) is 2.24. The standard InChI is InChI=1S/C7H13NOS/c1-7(2)5-6(8-9)3-4-10-7/h9H,3-5H2,1-2H3. The molecule has 1 N–H and O–H groups in total. The smallest absolute Gasteiger partial charge is 0.0592 e. The second kappa shape index (κ2) is 2.82. The third kappa shape index (κ3) is 1.90. The molecule has 0 aromatic rings. The molecule has 1 saturated heterocycles. The Balaban J connectivity index is 2.56. The van der Waals surface area contributed by atoms with Gasteiger partial charge in [-0.15, -0.1) is 0 Å². The highest BCUT2D eigenvalue weighted by atomic mass is 32.2. The number of hydrogen-bond acceptors (Lipinski definition) is 3. The molecule has 1 aliphatic heterocycles. The van der Waals surface area contributed by atoms with Gasteiger partial charge in [0, 0.05) is 11.2 Å². The summed E-state index contributed by atoms with van der Waals surface area (Å²) in [6.45, 7) is 4.37. The van der Waals surface area contributed by atoms with Gasteiger partial charge in [-0.3, -0.25) is 0 Å². The zero-order valence-corrected chi connectivity index (χ0v) is 7.24. The van der Waals surface area contributed by atoms with Gasteiger partial charge in [0.2, 0.25) is 0 Å². The van der Waals surface area contributed by atoms with E-state index in [-0.39, 0.29) is 4.75 Å². The highest BCUT2D eigenvalue weighted by molar-refractivity contribution is 8.00. The summed E-state index contributed by atoms with van der Waals surface area (Å²) >= 11 is 1.95. The minimum absolute atomic E-state index is 0.278. The maximum atomic E-state index is 8.50. The first-order valence-corrected chi connectivity index (χ1v) is 4.46. The maximum Gasteiger partial charge on any atom is 0.0592 e. The molecule has 1 rings (SSSR count). The van der Waals surface area contributed by atoms with E-state index >= 15 is 0 Å². The van der Waals surface area contributed by atoms with Crippen molar-refractivity contribution in [2.75, 3.05) is 5.75 Å². The number of thioether (sulfide) groups is 1. The van der Waals surface area contributed by atoms with Crippen molar-refractivity contribution in [3.05, 3.63) is 0 Å². The van der Waals surface area contributed by atoms with Crippen LogP contribution >= 0.6 is 11.8 Å². The van der Waals surface area contributed by atoms with E-state index in [2.05, 4.69) is 19.0 Å². The van der Waals surface area contributed by atoms with Crippen molar-refractivity contribution in [1.29, 1.82) is 0 Å². The van der Waals surface area contributed by atoms with Gasteiger partial charge in [0.05, 0.1) is 5.71 Å². The van der Waals surface area contributed by atoms with Gasteiger partial charge in [0.1, 0.15) is 0 Å². The molecule has 0 saturated carbocycles. The van der Waals surface area contributed by atoms with Crippen LogP contribution in [0.3, 0.4) is 0 Å². The van der Waals surface area contributed by atoms with E-state index in [9.17, 15) is 0 Å². The molecule has 0 unspecified atom stereocenters. The van der Waals surface area contributed by atoms with Gasteiger partial charge in [-0.05, 0) is 12.2 Å². The summed E-state index contributed by atoms with van der Waals surface area (Å²) < 4.78 is 0.278. The Bertz CT molecular complexity index is 154. The van der Waals surface area contributed by atoms with Crippen LogP contribution in [0.1, 0.15) is 26.7 Å². The van der Waals surface area contributed by atoms with Crippen LogP contribution in [0.25, 0.3) is 0 Å². The van der Waals surface area contributed by atoms with Gasteiger partial charge in [-0.2, -0.15) is 11.8 Å². The quantitative estimate of drug-likeness (QED) is 0.434. The highest BCUT2D eigenvalue weighted by Gasteiger charge is 2.25. The van der Waals surface area contributed by atoms with E-state index in [1.54, 1.807) is 0 Å². The van der Waals surface area contributed by atoms with Gasteiger partial charge in [0.15, 0.2) is 0 Å². The molecule has 0 aromatic heterocycles. The maximum absolute atomic E-state index is 8.50. The topological polar surface area (TPSA) is 32.6 Å². The van der Waals surface area contributed by atoms with Gasteiger partial charge in [-0.25, -0.2) is 0 Å². The predicted octanol–water partition coefficient (Wildman–Crippen LogP) is 2.12. The lowest BCUT2D eigenvalue weighted by Crippen LogP contribution is -2.26. The molecule has 0 aliphatic carbocycles. The summed E-state index contributed by atoms with van der Waals surface area (Å²) in [5.74, 6) is 1.09. The predicted molar refractivity (Wildman–Crippen MR) is 45.0 cm³/mol. The summed E-state index contributed by atoms with van der Waals surface area (Å²) in [6, 6.07) is 0. The van der Waals surface area contributed by atoms with Gasteiger partial charge < -0.3 is 5.21 Å². The van der Waals surface area contributed by atoms with Crippen LogP contribution in [0.5, 0.6) is 0 Å². The molecule has 0 radical (unpaired) electrons. The van der Waals surface area contributed by atoms with Crippen molar-refractivity contribution >= 4 is 17.5 Å². The first-order valence-electron chi connectivity index (χ1n) is 3.48. The average Bonchev–Trinajstić information content (AvgIpc) is 1.86. The molecule has 1 heterocycles. The third-order valence-corrected chi connectivity index (χ3v) is 2.99. The average molecular weight is 159 g/mol. The lowest BCUT2D eigenvalue weighted by molar-refractivity contribution is 0.315. The SMILES string of the molecule is CC1(C)CC(=NO)CCS1. The van der Waals surface area contributed by atoms with E-state index in [1.165, 1.54) is 0 Å². The molecule has 0 spiro atoms. The summed E-state index contributed by atoms with van der Waals surface area (Å²) in [4.78, 5) is 0. The number of hydrogen-bond donors (Lipinski definition) is 1. The van der Waals surface area contributed by atoms with E-state index in [1.807, 2.05) is 11.8 Å². The summed E-state index contributed by atoms with van der Waals surface area (Å²) in [5, 5.41) is 11.7. The normalized spacial score (nSPS) is 28.8. The summed E-state index contributed by atoms with van der Waals surface area (Å²) in [5.41, 5.74) is 0.948. The number of rotatable bonds is 0. The Morgan fingerprint density at radius 2 is 2.30 bits per heavy atom.